The highest BCUT2D eigenvalue weighted by Gasteiger charge is 2.32. The number of aliphatic hydroxyl groups is 2. The summed E-state index contributed by atoms with van der Waals surface area (Å²) in [5.74, 6) is 0.104. The monoisotopic (exact) mass is 266 g/mol. The van der Waals surface area contributed by atoms with Crippen molar-refractivity contribution in [2.75, 3.05) is 0 Å². The molecule has 15 heavy (non-hydrogen) atoms. The summed E-state index contributed by atoms with van der Waals surface area (Å²) in [6.07, 6.45) is 3.79. The third-order valence-corrected chi connectivity index (χ3v) is 3.09. The van der Waals surface area contributed by atoms with Crippen molar-refractivity contribution in [3.8, 4) is 0 Å². The molecule has 0 aromatic heterocycles. The van der Waals surface area contributed by atoms with Gasteiger partial charge in [0.1, 0.15) is 5.76 Å². The van der Waals surface area contributed by atoms with Crippen molar-refractivity contribution in [3.05, 3.63) is 53.8 Å². The molecule has 0 saturated carbocycles. The first-order chi connectivity index (χ1) is 7.11. The zero-order valence-corrected chi connectivity index (χ0v) is 9.61. The van der Waals surface area contributed by atoms with Gasteiger partial charge in [-0.15, -0.1) is 0 Å². The number of benzene rings is 1. The van der Waals surface area contributed by atoms with E-state index in [1.165, 1.54) is 0 Å². The average molecular weight is 267 g/mol. The minimum Gasteiger partial charge on any atom is -0.508 e. The first kappa shape index (κ1) is 10.5. The maximum atomic E-state index is 10.1. The molecule has 0 heterocycles. The van der Waals surface area contributed by atoms with E-state index >= 15 is 0 Å². The van der Waals surface area contributed by atoms with Gasteiger partial charge in [0.25, 0.3) is 0 Å². The fourth-order valence-corrected chi connectivity index (χ4v) is 2.30. The minimum atomic E-state index is -1.17. The van der Waals surface area contributed by atoms with Crippen LogP contribution in [-0.4, -0.2) is 14.7 Å². The second kappa shape index (κ2) is 3.83. The van der Waals surface area contributed by atoms with E-state index in [9.17, 15) is 10.2 Å². The summed E-state index contributed by atoms with van der Waals surface area (Å²) in [6.45, 7) is 0. The molecule has 1 atom stereocenters. The van der Waals surface area contributed by atoms with Gasteiger partial charge in [-0.3, -0.25) is 0 Å². The SMILES string of the molecule is OC1=C(c2ccccc2)C(O)(Br)CC=C1. The van der Waals surface area contributed by atoms with Crippen LogP contribution in [0, 0.1) is 0 Å². The van der Waals surface area contributed by atoms with Crippen LogP contribution in [0.25, 0.3) is 5.57 Å². The van der Waals surface area contributed by atoms with Crippen LogP contribution in [0.2, 0.25) is 0 Å². The van der Waals surface area contributed by atoms with Crippen LogP contribution in [0.3, 0.4) is 0 Å². The van der Waals surface area contributed by atoms with E-state index in [2.05, 4.69) is 15.9 Å². The average Bonchev–Trinajstić information content (AvgIpc) is 2.17. The van der Waals surface area contributed by atoms with Crippen LogP contribution in [0.5, 0.6) is 0 Å². The Labute approximate surface area is 96.7 Å². The molecular weight excluding hydrogens is 256 g/mol. The van der Waals surface area contributed by atoms with E-state index in [-0.39, 0.29) is 5.76 Å². The van der Waals surface area contributed by atoms with E-state index in [1.807, 2.05) is 30.3 Å². The Kier molecular flexibility index (Phi) is 2.67. The molecule has 1 aliphatic carbocycles. The summed E-state index contributed by atoms with van der Waals surface area (Å²) in [5.41, 5.74) is 1.34. The Morgan fingerprint density at radius 3 is 2.47 bits per heavy atom. The zero-order valence-electron chi connectivity index (χ0n) is 8.02. The molecule has 0 radical (unpaired) electrons. The summed E-state index contributed by atoms with van der Waals surface area (Å²) in [6, 6.07) is 9.36. The molecule has 2 nitrogen and oxygen atoms in total. The molecule has 0 aliphatic heterocycles. The molecule has 0 amide bonds. The zero-order chi connectivity index (χ0) is 10.9. The molecule has 3 heteroatoms. The lowest BCUT2D eigenvalue weighted by Gasteiger charge is -2.27. The second-order valence-corrected chi connectivity index (χ2v) is 4.80. The number of halogens is 1. The van der Waals surface area contributed by atoms with Crippen LogP contribution in [0.1, 0.15) is 12.0 Å². The normalized spacial score (nSPS) is 25.7. The number of alkyl halides is 1. The van der Waals surface area contributed by atoms with E-state index in [0.717, 1.165) is 5.56 Å². The van der Waals surface area contributed by atoms with Crippen molar-refractivity contribution < 1.29 is 10.2 Å². The van der Waals surface area contributed by atoms with Gasteiger partial charge in [-0.25, -0.2) is 0 Å². The lowest BCUT2D eigenvalue weighted by molar-refractivity contribution is 0.202. The van der Waals surface area contributed by atoms with Gasteiger partial charge in [0.2, 0.25) is 0 Å². The summed E-state index contributed by atoms with van der Waals surface area (Å²) in [5, 5.41) is 19.9. The summed E-state index contributed by atoms with van der Waals surface area (Å²) < 4.78 is -1.17. The molecule has 0 fully saturated rings. The Morgan fingerprint density at radius 2 is 1.87 bits per heavy atom. The standard InChI is InChI=1S/C12H11BrO2/c13-12(15)8-4-7-10(14)11(12)9-5-2-1-3-6-9/h1-7,14-15H,8H2. The molecule has 2 N–H and O–H groups in total. The van der Waals surface area contributed by atoms with Crippen molar-refractivity contribution in [1.29, 1.82) is 0 Å². The summed E-state index contributed by atoms with van der Waals surface area (Å²) >= 11 is 3.22. The molecule has 1 aliphatic rings. The van der Waals surface area contributed by atoms with Gasteiger partial charge in [-0.1, -0.05) is 36.4 Å². The third kappa shape index (κ3) is 1.98. The van der Waals surface area contributed by atoms with Gasteiger partial charge in [0, 0.05) is 12.0 Å². The second-order valence-electron chi connectivity index (χ2n) is 3.49. The maximum Gasteiger partial charge on any atom is 0.152 e. The van der Waals surface area contributed by atoms with E-state index in [1.54, 1.807) is 12.2 Å². The van der Waals surface area contributed by atoms with Gasteiger partial charge in [0.15, 0.2) is 4.51 Å². The van der Waals surface area contributed by atoms with Gasteiger partial charge >= 0.3 is 0 Å². The van der Waals surface area contributed by atoms with Gasteiger partial charge in [-0.2, -0.15) is 0 Å². The Balaban J connectivity index is 2.54. The number of aliphatic hydroxyl groups excluding tert-OH is 1. The number of hydrogen-bond donors (Lipinski definition) is 2. The predicted octanol–water partition coefficient (Wildman–Crippen LogP) is 3.00. The highest BCUT2D eigenvalue weighted by Crippen LogP contribution is 2.40. The molecule has 78 valence electrons. The summed E-state index contributed by atoms with van der Waals surface area (Å²) in [7, 11) is 0. The Bertz CT molecular complexity index is 419. The lowest BCUT2D eigenvalue weighted by Crippen LogP contribution is -2.24. The predicted molar refractivity (Wildman–Crippen MR) is 63.6 cm³/mol. The molecule has 0 bridgehead atoms. The molecule has 0 spiro atoms. The number of rotatable bonds is 1. The van der Waals surface area contributed by atoms with E-state index < -0.39 is 4.51 Å². The van der Waals surface area contributed by atoms with Crippen molar-refractivity contribution >= 4 is 21.5 Å². The smallest absolute Gasteiger partial charge is 0.152 e. The van der Waals surface area contributed by atoms with Gasteiger partial charge in [0.05, 0.1) is 0 Å². The highest BCUT2D eigenvalue weighted by molar-refractivity contribution is 9.10. The van der Waals surface area contributed by atoms with Crippen LogP contribution < -0.4 is 0 Å². The molecule has 1 aromatic rings. The van der Waals surface area contributed by atoms with Crippen molar-refractivity contribution in [2.24, 2.45) is 0 Å². The minimum absolute atomic E-state index is 0.104. The maximum absolute atomic E-state index is 10.1. The van der Waals surface area contributed by atoms with Gasteiger partial charge in [-0.05, 0) is 27.6 Å². The van der Waals surface area contributed by atoms with Crippen LogP contribution in [0.15, 0.2) is 48.2 Å². The lowest BCUT2D eigenvalue weighted by atomic mass is 9.93. The Morgan fingerprint density at radius 1 is 1.20 bits per heavy atom. The van der Waals surface area contributed by atoms with Crippen LogP contribution >= 0.6 is 15.9 Å². The quantitative estimate of drug-likeness (QED) is 0.768. The fourth-order valence-electron chi connectivity index (χ4n) is 1.68. The van der Waals surface area contributed by atoms with Crippen molar-refractivity contribution in [2.45, 2.75) is 10.9 Å². The first-order valence-electron chi connectivity index (χ1n) is 4.68. The van der Waals surface area contributed by atoms with Crippen molar-refractivity contribution in [3.63, 3.8) is 0 Å². The molecule has 1 unspecified atom stereocenters. The molecular formula is C12H11BrO2. The topological polar surface area (TPSA) is 40.5 Å². The van der Waals surface area contributed by atoms with E-state index in [0.29, 0.717) is 12.0 Å². The first-order valence-corrected chi connectivity index (χ1v) is 5.47. The van der Waals surface area contributed by atoms with Crippen LogP contribution in [-0.2, 0) is 0 Å². The highest BCUT2D eigenvalue weighted by atomic mass is 79.9. The Hall–Kier alpha value is -1.06. The molecule has 0 saturated heterocycles. The molecule has 2 rings (SSSR count). The van der Waals surface area contributed by atoms with Gasteiger partial charge < -0.3 is 10.2 Å². The van der Waals surface area contributed by atoms with Crippen molar-refractivity contribution in [1.82, 2.24) is 0 Å². The largest absolute Gasteiger partial charge is 0.508 e. The van der Waals surface area contributed by atoms with Crippen LogP contribution in [0.4, 0.5) is 0 Å². The number of allylic oxidation sites excluding steroid dienone is 1. The van der Waals surface area contributed by atoms with E-state index in [4.69, 9.17) is 0 Å². The summed E-state index contributed by atoms with van der Waals surface area (Å²) in [4.78, 5) is 0. The fraction of sp³-hybridized carbons (Fsp3) is 0.167. The third-order valence-electron chi connectivity index (χ3n) is 2.37. The number of hydrogen-bond acceptors (Lipinski definition) is 2. The molecule has 1 aromatic carbocycles.